The molecule has 0 radical (unpaired) electrons. The van der Waals surface area contributed by atoms with Gasteiger partial charge in [-0.15, -0.1) is 11.3 Å². The van der Waals surface area contributed by atoms with Gasteiger partial charge in [-0.2, -0.15) is 0 Å². The number of halogens is 1. The van der Waals surface area contributed by atoms with Crippen molar-refractivity contribution in [2.24, 2.45) is 0 Å². The normalized spacial score (nSPS) is 17.2. The monoisotopic (exact) mass is 362 g/mol. The second-order valence-corrected chi connectivity index (χ2v) is 7.19. The molecule has 1 aromatic carbocycles. The molecule has 134 valence electrons. The van der Waals surface area contributed by atoms with Crippen molar-refractivity contribution in [3.05, 3.63) is 41.2 Å². The highest BCUT2D eigenvalue weighted by Gasteiger charge is 2.25. The van der Waals surface area contributed by atoms with Crippen molar-refractivity contribution < 1.29 is 9.18 Å². The number of aromatic nitrogens is 1. The molecule has 2 heterocycles. The number of nitrogens with zero attached hydrogens (tertiary/aromatic N) is 3. The third kappa shape index (κ3) is 4.35. The Bertz CT molecular complexity index is 722. The highest BCUT2D eigenvalue weighted by Crippen LogP contribution is 2.20. The molecule has 0 saturated carbocycles. The molecule has 1 amide bonds. The van der Waals surface area contributed by atoms with E-state index in [1.165, 1.54) is 12.1 Å². The summed E-state index contributed by atoms with van der Waals surface area (Å²) < 4.78 is 13.4. The molecule has 3 rings (SSSR count). The van der Waals surface area contributed by atoms with Gasteiger partial charge in [0.1, 0.15) is 5.82 Å². The van der Waals surface area contributed by atoms with Gasteiger partial charge in [-0.1, -0.05) is 6.07 Å². The maximum absolute atomic E-state index is 13.4. The van der Waals surface area contributed by atoms with E-state index in [-0.39, 0.29) is 17.8 Å². The molecular weight excluding hydrogens is 339 g/mol. The molecule has 2 aromatic rings. The number of carbonyl (C=O) groups is 1. The zero-order valence-electron chi connectivity index (χ0n) is 14.5. The molecule has 1 aliphatic heterocycles. The van der Waals surface area contributed by atoms with Crippen LogP contribution in [0, 0.1) is 12.7 Å². The van der Waals surface area contributed by atoms with E-state index >= 15 is 0 Å². The minimum Gasteiger partial charge on any atom is -0.347 e. The number of aryl methyl sites for hydroxylation is 1. The van der Waals surface area contributed by atoms with Gasteiger partial charge in [0.05, 0.1) is 6.04 Å². The van der Waals surface area contributed by atoms with E-state index in [0.717, 1.165) is 43.3 Å². The van der Waals surface area contributed by atoms with Crippen LogP contribution >= 0.6 is 11.3 Å². The summed E-state index contributed by atoms with van der Waals surface area (Å²) in [5.41, 5.74) is 1.39. The van der Waals surface area contributed by atoms with E-state index in [4.69, 9.17) is 0 Å². The van der Waals surface area contributed by atoms with E-state index in [0.29, 0.717) is 5.69 Å². The molecule has 5 nitrogen and oxygen atoms in total. The van der Waals surface area contributed by atoms with Crippen LogP contribution in [-0.2, 0) is 4.79 Å². The van der Waals surface area contributed by atoms with Crippen LogP contribution in [0.3, 0.4) is 0 Å². The molecule has 1 aromatic heterocycles. The van der Waals surface area contributed by atoms with E-state index in [1.54, 1.807) is 17.4 Å². The first-order valence-corrected chi connectivity index (χ1v) is 9.38. The third-order valence-corrected chi connectivity index (χ3v) is 5.44. The molecular formula is C18H23FN4OS. The minimum absolute atomic E-state index is 0.101. The lowest BCUT2D eigenvalue weighted by atomic mass is 10.1. The average molecular weight is 362 g/mol. The Labute approximate surface area is 151 Å². The van der Waals surface area contributed by atoms with Gasteiger partial charge in [0.2, 0.25) is 5.91 Å². The maximum Gasteiger partial charge on any atom is 0.241 e. The summed E-state index contributed by atoms with van der Waals surface area (Å²) in [5, 5.41) is 5.88. The summed E-state index contributed by atoms with van der Waals surface area (Å²) in [6.07, 6.45) is 2.80. The van der Waals surface area contributed by atoms with E-state index in [1.807, 2.05) is 25.4 Å². The summed E-state index contributed by atoms with van der Waals surface area (Å²) in [7, 11) is 0. The molecule has 25 heavy (non-hydrogen) atoms. The van der Waals surface area contributed by atoms with Crippen LogP contribution in [0.1, 0.15) is 18.9 Å². The Hall–Kier alpha value is -1.99. The Morgan fingerprint density at radius 3 is 2.92 bits per heavy atom. The second-order valence-electron chi connectivity index (χ2n) is 6.32. The molecule has 1 unspecified atom stereocenters. The minimum atomic E-state index is -0.345. The number of anilines is 2. The maximum atomic E-state index is 13.4. The van der Waals surface area contributed by atoms with Crippen molar-refractivity contribution in [1.82, 2.24) is 9.88 Å². The first-order chi connectivity index (χ1) is 12.0. The highest BCUT2D eigenvalue weighted by molar-refractivity contribution is 7.13. The molecule has 0 bridgehead atoms. The Balaban J connectivity index is 1.61. The molecule has 1 saturated heterocycles. The van der Waals surface area contributed by atoms with Crippen molar-refractivity contribution in [3.63, 3.8) is 0 Å². The smallest absolute Gasteiger partial charge is 0.241 e. The Morgan fingerprint density at radius 1 is 1.32 bits per heavy atom. The van der Waals surface area contributed by atoms with E-state index < -0.39 is 0 Å². The van der Waals surface area contributed by atoms with Crippen molar-refractivity contribution in [2.75, 3.05) is 36.4 Å². The molecule has 1 fully saturated rings. The summed E-state index contributed by atoms with van der Waals surface area (Å²) in [6.45, 7) is 7.22. The number of hydrogen-bond donors (Lipinski definition) is 1. The van der Waals surface area contributed by atoms with Crippen LogP contribution in [0.25, 0.3) is 0 Å². The summed E-state index contributed by atoms with van der Waals surface area (Å²) >= 11 is 1.64. The molecule has 1 aliphatic rings. The van der Waals surface area contributed by atoms with Crippen molar-refractivity contribution in [1.29, 1.82) is 0 Å². The quantitative estimate of drug-likeness (QED) is 0.908. The highest BCUT2D eigenvalue weighted by atomic mass is 32.1. The zero-order valence-corrected chi connectivity index (χ0v) is 15.4. The van der Waals surface area contributed by atoms with Crippen molar-refractivity contribution in [2.45, 2.75) is 26.3 Å². The molecule has 7 heteroatoms. The first kappa shape index (κ1) is 17.8. The fourth-order valence-electron chi connectivity index (χ4n) is 3.02. The second kappa shape index (κ2) is 7.93. The predicted molar refractivity (Wildman–Crippen MR) is 99.7 cm³/mol. The number of amides is 1. The summed E-state index contributed by atoms with van der Waals surface area (Å²) in [4.78, 5) is 21.4. The number of nitrogens with one attached hydrogen (secondary N) is 1. The number of carbonyl (C=O) groups excluding carboxylic acids is 1. The zero-order chi connectivity index (χ0) is 17.8. The van der Waals surface area contributed by atoms with Gasteiger partial charge in [-0.3, -0.25) is 9.69 Å². The summed E-state index contributed by atoms with van der Waals surface area (Å²) in [6, 6.07) is 4.18. The van der Waals surface area contributed by atoms with E-state index in [2.05, 4.69) is 20.1 Å². The SMILES string of the molecule is Cc1ccc(F)cc1NC(=O)C(C)N1CCCN(c2nccs2)CC1. The number of thiazole rings is 1. The lowest BCUT2D eigenvalue weighted by Gasteiger charge is -2.27. The van der Waals surface area contributed by atoms with Gasteiger partial charge in [0.15, 0.2) is 5.13 Å². The predicted octanol–water partition coefficient (Wildman–Crippen LogP) is 3.13. The van der Waals surface area contributed by atoms with Gasteiger partial charge in [0.25, 0.3) is 0 Å². The fourth-order valence-corrected chi connectivity index (χ4v) is 3.72. The van der Waals surface area contributed by atoms with Gasteiger partial charge in [0, 0.05) is 43.4 Å². The Kier molecular flexibility index (Phi) is 5.65. The third-order valence-electron chi connectivity index (χ3n) is 4.60. The van der Waals surface area contributed by atoms with Crippen LogP contribution in [0.5, 0.6) is 0 Å². The van der Waals surface area contributed by atoms with Gasteiger partial charge < -0.3 is 10.2 Å². The van der Waals surface area contributed by atoms with Crippen LogP contribution in [0.4, 0.5) is 15.2 Å². The van der Waals surface area contributed by atoms with Gasteiger partial charge in [-0.25, -0.2) is 9.37 Å². The van der Waals surface area contributed by atoms with E-state index in [9.17, 15) is 9.18 Å². The molecule has 1 atom stereocenters. The standard InChI is InChI=1S/C18H23FN4OS/c1-13-4-5-15(19)12-16(13)21-17(24)14(2)22-7-3-8-23(10-9-22)18-20-6-11-25-18/h4-6,11-12,14H,3,7-10H2,1-2H3,(H,21,24). The topological polar surface area (TPSA) is 48.5 Å². The van der Waals surface area contributed by atoms with Crippen LogP contribution in [0.15, 0.2) is 29.8 Å². The average Bonchev–Trinajstić information content (AvgIpc) is 3.02. The largest absolute Gasteiger partial charge is 0.347 e. The Morgan fingerprint density at radius 2 is 2.16 bits per heavy atom. The molecule has 1 N–H and O–H groups in total. The first-order valence-electron chi connectivity index (χ1n) is 8.50. The van der Waals surface area contributed by atoms with Gasteiger partial charge in [-0.05, 0) is 38.0 Å². The molecule has 0 spiro atoms. The number of benzene rings is 1. The summed E-state index contributed by atoms with van der Waals surface area (Å²) in [5.74, 6) is -0.446. The lowest BCUT2D eigenvalue weighted by molar-refractivity contribution is -0.120. The van der Waals surface area contributed by atoms with Crippen molar-refractivity contribution in [3.8, 4) is 0 Å². The van der Waals surface area contributed by atoms with Crippen molar-refractivity contribution >= 4 is 28.1 Å². The lowest BCUT2D eigenvalue weighted by Crippen LogP contribution is -2.44. The molecule has 0 aliphatic carbocycles. The van der Waals surface area contributed by atoms with Gasteiger partial charge >= 0.3 is 0 Å². The van der Waals surface area contributed by atoms with Crippen LogP contribution in [0.2, 0.25) is 0 Å². The number of rotatable bonds is 4. The fraction of sp³-hybridized carbons (Fsp3) is 0.444. The van der Waals surface area contributed by atoms with Crippen LogP contribution < -0.4 is 10.2 Å². The van der Waals surface area contributed by atoms with Crippen LogP contribution in [-0.4, -0.2) is 48.0 Å². The number of hydrogen-bond acceptors (Lipinski definition) is 5.